The molecular formula is C20H25F3N2. The summed E-state index contributed by atoms with van der Waals surface area (Å²) in [4.78, 5) is 4.79. The van der Waals surface area contributed by atoms with E-state index in [9.17, 15) is 13.2 Å². The van der Waals surface area contributed by atoms with Crippen LogP contribution in [0.5, 0.6) is 0 Å². The minimum atomic E-state index is -4.26. The molecule has 1 heterocycles. The van der Waals surface area contributed by atoms with E-state index >= 15 is 0 Å². The van der Waals surface area contributed by atoms with Gasteiger partial charge in [0.1, 0.15) is 0 Å². The average molecular weight is 350 g/mol. The number of benzene rings is 1. The van der Waals surface area contributed by atoms with Crippen molar-refractivity contribution >= 4 is 5.69 Å². The summed E-state index contributed by atoms with van der Waals surface area (Å²) >= 11 is 0. The maximum atomic E-state index is 12.9. The number of alkyl halides is 3. The highest BCUT2D eigenvalue weighted by atomic mass is 19.4. The number of halogens is 3. The lowest BCUT2D eigenvalue weighted by Gasteiger charge is -2.45. The minimum absolute atomic E-state index is 0.544. The van der Waals surface area contributed by atoms with Crippen molar-refractivity contribution in [3.8, 4) is 0 Å². The largest absolute Gasteiger partial charge is 0.416 e. The Morgan fingerprint density at radius 1 is 0.880 bits per heavy atom. The third-order valence-corrected chi connectivity index (χ3v) is 7.28. The van der Waals surface area contributed by atoms with Gasteiger partial charge in [0, 0.05) is 37.9 Å². The molecule has 2 nitrogen and oxygen atoms in total. The van der Waals surface area contributed by atoms with Crippen LogP contribution in [0.2, 0.25) is 0 Å². The van der Waals surface area contributed by atoms with Crippen molar-refractivity contribution < 1.29 is 13.2 Å². The predicted molar refractivity (Wildman–Crippen MR) is 91.4 cm³/mol. The van der Waals surface area contributed by atoms with Gasteiger partial charge in [0.25, 0.3) is 0 Å². The molecule has 5 atom stereocenters. The van der Waals surface area contributed by atoms with Crippen LogP contribution in [0.4, 0.5) is 18.9 Å². The van der Waals surface area contributed by atoms with Crippen LogP contribution in [0.3, 0.4) is 0 Å². The fraction of sp³-hybridized carbons (Fsp3) is 0.700. The first-order chi connectivity index (χ1) is 12.0. The molecule has 0 spiro atoms. The predicted octanol–water partition coefficient (Wildman–Crippen LogP) is 4.26. The van der Waals surface area contributed by atoms with Gasteiger partial charge in [0.05, 0.1) is 5.56 Å². The lowest BCUT2D eigenvalue weighted by Crippen LogP contribution is -2.54. The number of nitrogens with zero attached hydrogens (tertiary/aromatic N) is 2. The molecule has 4 saturated carbocycles. The first-order valence-electron chi connectivity index (χ1n) is 9.65. The van der Waals surface area contributed by atoms with Crippen LogP contribution in [-0.4, -0.2) is 37.1 Å². The second-order valence-corrected chi connectivity index (χ2v) is 8.55. The summed E-state index contributed by atoms with van der Waals surface area (Å²) in [5, 5.41) is 0. The van der Waals surface area contributed by atoms with Crippen molar-refractivity contribution in [2.24, 2.45) is 23.7 Å². The van der Waals surface area contributed by atoms with Gasteiger partial charge in [-0.05, 0) is 67.6 Å². The molecule has 0 N–H and O–H groups in total. The van der Waals surface area contributed by atoms with E-state index in [0.29, 0.717) is 5.69 Å². The molecule has 136 valence electrons. The second kappa shape index (κ2) is 5.63. The second-order valence-electron chi connectivity index (χ2n) is 8.55. The maximum absolute atomic E-state index is 12.9. The molecule has 5 unspecified atom stereocenters. The molecule has 0 aromatic heterocycles. The molecule has 5 fully saturated rings. The van der Waals surface area contributed by atoms with Crippen molar-refractivity contribution in [1.82, 2.24) is 4.90 Å². The van der Waals surface area contributed by atoms with Gasteiger partial charge in [-0.1, -0.05) is 6.07 Å². The molecule has 5 heteroatoms. The van der Waals surface area contributed by atoms with E-state index in [0.717, 1.165) is 62.0 Å². The summed E-state index contributed by atoms with van der Waals surface area (Å²) in [6.07, 6.45) is 1.48. The van der Waals surface area contributed by atoms with E-state index in [4.69, 9.17) is 0 Å². The molecule has 25 heavy (non-hydrogen) atoms. The summed E-state index contributed by atoms with van der Waals surface area (Å²) in [6.45, 7) is 3.66. The molecule has 0 amide bonds. The van der Waals surface area contributed by atoms with Gasteiger partial charge in [-0.25, -0.2) is 0 Å². The molecule has 1 aromatic rings. The molecule has 5 aliphatic rings. The maximum Gasteiger partial charge on any atom is 0.416 e. The monoisotopic (exact) mass is 350 g/mol. The molecule has 1 aromatic carbocycles. The van der Waals surface area contributed by atoms with Crippen LogP contribution in [0.1, 0.15) is 31.2 Å². The number of rotatable bonds is 2. The number of piperazine rings is 1. The van der Waals surface area contributed by atoms with Crippen LogP contribution in [0.25, 0.3) is 0 Å². The Hall–Kier alpha value is -1.23. The van der Waals surface area contributed by atoms with Crippen molar-refractivity contribution in [3.05, 3.63) is 29.8 Å². The van der Waals surface area contributed by atoms with Gasteiger partial charge >= 0.3 is 6.18 Å². The smallest absolute Gasteiger partial charge is 0.369 e. The molecule has 1 aliphatic heterocycles. The van der Waals surface area contributed by atoms with Crippen molar-refractivity contribution in [3.63, 3.8) is 0 Å². The Bertz CT molecular complexity index is 647. The standard InChI is InChI=1S/C20H25F3N2/c21-20(22,23)16-2-1-3-17(12-16)24-4-6-25(7-5-24)19-15-9-13-8-14(11-15)18(19)10-13/h1-3,12-15,18-19H,4-11H2. The normalized spacial score (nSPS) is 37.9. The zero-order chi connectivity index (χ0) is 17.2. The van der Waals surface area contributed by atoms with Gasteiger partial charge < -0.3 is 4.90 Å². The lowest BCUT2D eigenvalue weighted by atomic mass is 9.78. The summed E-state index contributed by atoms with van der Waals surface area (Å²) in [7, 11) is 0. The average Bonchev–Trinajstić information content (AvgIpc) is 3.02. The Morgan fingerprint density at radius 2 is 1.64 bits per heavy atom. The molecule has 0 radical (unpaired) electrons. The third kappa shape index (κ3) is 2.66. The first-order valence-corrected chi connectivity index (χ1v) is 9.65. The Balaban J connectivity index is 1.26. The van der Waals surface area contributed by atoms with Gasteiger partial charge in [0.15, 0.2) is 0 Å². The molecule has 1 saturated heterocycles. The Labute approximate surface area is 147 Å². The highest BCUT2D eigenvalue weighted by Gasteiger charge is 2.55. The summed E-state index contributed by atoms with van der Waals surface area (Å²) in [5.74, 6) is 3.76. The Kier molecular flexibility index (Phi) is 3.60. The number of hydrogen-bond acceptors (Lipinski definition) is 2. The van der Waals surface area contributed by atoms with E-state index < -0.39 is 11.7 Å². The summed E-state index contributed by atoms with van der Waals surface area (Å²) in [5.41, 5.74) is 0.167. The lowest BCUT2D eigenvalue weighted by molar-refractivity contribution is -0.137. The van der Waals surface area contributed by atoms with Crippen molar-refractivity contribution in [2.45, 2.75) is 37.9 Å². The van der Waals surface area contributed by atoms with Gasteiger partial charge in [-0.2, -0.15) is 13.2 Å². The number of anilines is 1. The van der Waals surface area contributed by atoms with Crippen LogP contribution in [0.15, 0.2) is 24.3 Å². The van der Waals surface area contributed by atoms with E-state index in [1.165, 1.54) is 37.8 Å². The fourth-order valence-electron chi connectivity index (χ4n) is 6.43. The zero-order valence-corrected chi connectivity index (χ0v) is 14.4. The van der Waals surface area contributed by atoms with Crippen molar-refractivity contribution in [1.29, 1.82) is 0 Å². The molecule has 6 rings (SSSR count). The topological polar surface area (TPSA) is 6.48 Å². The van der Waals surface area contributed by atoms with E-state index in [1.807, 2.05) is 6.07 Å². The van der Waals surface area contributed by atoms with E-state index in [1.54, 1.807) is 0 Å². The van der Waals surface area contributed by atoms with Gasteiger partial charge in [0.2, 0.25) is 0 Å². The summed E-state index contributed by atoms with van der Waals surface area (Å²) < 4.78 is 38.8. The van der Waals surface area contributed by atoms with Gasteiger partial charge in [-0.3, -0.25) is 4.90 Å². The zero-order valence-electron chi connectivity index (χ0n) is 14.4. The highest BCUT2D eigenvalue weighted by molar-refractivity contribution is 5.49. The molecule has 4 aliphatic carbocycles. The van der Waals surface area contributed by atoms with E-state index in [2.05, 4.69) is 9.80 Å². The third-order valence-electron chi connectivity index (χ3n) is 7.28. The first kappa shape index (κ1) is 16.0. The van der Waals surface area contributed by atoms with Crippen LogP contribution in [-0.2, 0) is 6.18 Å². The van der Waals surface area contributed by atoms with E-state index in [-0.39, 0.29) is 0 Å². The van der Waals surface area contributed by atoms with Crippen LogP contribution in [0, 0.1) is 23.7 Å². The fourth-order valence-corrected chi connectivity index (χ4v) is 6.43. The highest BCUT2D eigenvalue weighted by Crippen LogP contribution is 2.59. The SMILES string of the molecule is FC(F)(F)c1cccc(N2CCN(C3C4CC5CC(C4)C3C5)CC2)c1. The molecule has 4 bridgehead atoms. The van der Waals surface area contributed by atoms with Crippen LogP contribution >= 0.6 is 0 Å². The molecular weight excluding hydrogens is 325 g/mol. The number of hydrogen-bond donors (Lipinski definition) is 0. The summed E-state index contributed by atoms with van der Waals surface area (Å²) in [6, 6.07) is 6.55. The van der Waals surface area contributed by atoms with Crippen LogP contribution < -0.4 is 4.90 Å². The Morgan fingerprint density at radius 3 is 2.36 bits per heavy atom. The van der Waals surface area contributed by atoms with Crippen molar-refractivity contribution in [2.75, 3.05) is 31.1 Å². The van der Waals surface area contributed by atoms with Gasteiger partial charge in [-0.15, -0.1) is 0 Å². The quantitative estimate of drug-likeness (QED) is 0.786. The minimum Gasteiger partial charge on any atom is -0.369 e.